The van der Waals surface area contributed by atoms with E-state index in [0.29, 0.717) is 30.2 Å². The molecule has 2 aromatic carbocycles. The van der Waals surface area contributed by atoms with Crippen molar-refractivity contribution in [3.05, 3.63) is 53.6 Å². The molecule has 6 heteroatoms. The van der Waals surface area contributed by atoms with Crippen LogP contribution < -0.4 is 14.4 Å². The van der Waals surface area contributed by atoms with E-state index in [2.05, 4.69) is 29.2 Å². The second kappa shape index (κ2) is 8.10. The molecule has 4 rings (SSSR count). The third-order valence-electron chi connectivity index (χ3n) is 5.18. The van der Waals surface area contributed by atoms with Crippen LogP contribution in [0.1, 0.15) is 28.8 Å². The Morgan fingerprint density at radius 3 is 2.57 bits per heavy atom. The first-order valence-corrected chi connectivity index (χ1v) is 9.67. The quantitative estimate of drug-likeness (QED) is 0.767. The number of fused-ring (bicyclic) bond motifs is 1. The fourth-order valence-electron chi connectivity index (χ4n) is 3.59. The Labute approximate surface area is 165 Å². The minimum atomic E-state index is -0.0227. The lowest BCUT2D eigenvalue weighted by molar-refractivity contribution is 0.0507. The first kappa shape index (κ1) is 18.6. The zero-order valence-electron chi connectivity index (χ0n) is 16.4. The third-order valence-corrected chi connectivity index (χ3v) is 5.18. The fraction of sp³-hybridized carbons (Fsp3) is 0.409. The molecule has 6 nitrogen and oxygen atoms in total. The lowest BCUT2D eigenvalue weighted by atomic mass is 10.1. The van der Waals surface area contributed by atoms with E-state index in [-0.39, 0.29) is 18.8 Å². The molecule has 2 aliphatic rings. The van der Waals surface area contributed by atoms with Gasteiger partial charge in [-0.1, -0.05) is 12.1 Å². The molecule has 2 aliphatic heterocycles. The lowest BCUT2D eigenvalue weighted by Crippen LogP contribution is -2.37. The number of ether oxygens (including phenoxy) is 3. The van der Waals surface area contributed by atoms with Crippen LogP contribution in [0.25, 0.3) is 0 Å². The molecular weight excluding hydrogens is 356 g/mol. The third kappa shape index (κ3) is 4.07. The Morgan fingerprint density at radius 1 is 1.07 bits per heavy atom. The minimum absolute atomic E-state index is 0.0227. The van der Waals surface area contributed by atoms with Crippen LogP contribution in [0.5, 0.6) is 11.5 Å². The first-order chi connectivity index (χ1) is 13.6. The van der Waals surface area contributed by atoms with E-state index in [0.717, 1.165) is 30.7 Å². The molecule has 0 bridgehead atoms. The molecule has 1 amide bonds. The van der Waals surface area contributed by atoms with Crippen LogP contribution in [-0.4, -0.2) is 51.0 Å². The summed E-state index contributed by atoms with van der Waals surface area (Å²) >= 11 is 0. The Morgan fingerprint density at radius 2 is 1.86 bits per heavy atom. The highest BCUT2D eigenvalue weighted by Gasteiger charge is 2.25. The second-order valence-corrected chi connectivity index (χ2v) is 7.45. The molecule has 0 N–H and O–H groups in total. The number of rotatable bonds is 6. The standard InChI is InChI=1S/C22H26N2O4/c1-23(2)18-8-5-16(6-9-18)13-24(14-19-4-3-11-26-19)22(25)17-7-10-20-21(12-17)28-15-27-20/h5-10,12,19H,3-4,11,13-15H2,1-2H3. The van der Waals surface area contributed by atoms with Gasteiger partial charge in [0, 0.05) is 45.0 Å². The SMILES string of the molecule is CN(C)c1ccc(CN(CC2CCCO2)C(=O)c2ccc3c(c2)OCO3)cc1. The number of benzene rings is 2. The van der Waals surface area contributed by atoms with E-state index in [1.165, 1.54) is 0 Å². The minimum Gasteiger partial charge on any atom is -0.454 e. The second-order valence-electron chi connectivity index (χ2n) is 7.45. The maximum Gasteiger partial charge on any atom is 0.254 e. The number of anilines is 1. The van der Waals surface area contributed by atoms with Gasteiger partial charge in [0.25, 0.3) is 5.91 Å². The molecule has 2 aromatic rings. The zero-order chi connectivity index (χ0) is 19.5. The zero-order valence-corrected chi connectivity index (χ0v) is 16.4. The molecule has 0 saturated carbocycles. The maximum absolute atomic E-state index is 13.3. The van der Waals surface area contributed by atoms with E-state index in [1.54, 1.807) is 18.2 Å². The summed E-state index contributed by atoms with van der Waals surface area (Å²) in [5.74, 6) is 1.28. The molecule has 1 atom stereocenters. The van der Waals surface area contributed by atoms with Crippen molar-refractivity contribution in [3.8, 4) is 11.5 Å². The number of hydrogen-bond acceptors (Lipinski definition) is 5. The Kier molecular flexibility index (Phi) is 5.39. The predicted octanol–water partition coefficient (Wildman–Crippen LogP) is 3.30. The van der Waals surface area contributed by atoms with Crippen molar-refractivity contribution in [2.45, 2.75) is 25.5 Å². The Bertz CT molecular complexity index is 829. The molecule has 0 aromatic heterocycles. The van der Waals surface area contributed by atoms with E-state index in [4.69, 9.17) is 14.2 Å². The van der Waals surface area contributed by atoms with Crippen LogP contribution in [0.4, 0.5) is 5.69 Å². The van der Waals surface area contributed by atoms with Gasteiger partial charge in [0.2, 0.25) is 6.79 Å². The molecule has 148 valence electrons. The lowest BCUT2D eigenvalue weighted by Gasteiger charge is -2.26. The topological polar surface area (TPSA) is 51.2 Å². The van der Waals surface area contributed by atoms with Crippen LogP contribution in [0.3, 0.4) is 0 Å². The highest BCUT2D eigenvalue weighted by molar-refractivity contribution is 5.95. The molecular formula is C22H26N2O4. The van der Waals surface area contributed by atoms with Gasteiger partial charge in [0.15, 0.2) is 11.5 Å². The summed E-state index contributed by atoms with van der Waals surface area (Å²) in [7, 11) is 4.03. The van der Waals surface area contributed by atoms with Gasteiger partial charge in [-0.25, -0.2) is 0 Å². The summed E-state index contributed by atoms with van der Waals surface area (Å²) < 4.78 is 16.6. The molecule has 1 fully saturated rings. The monoisotopic (exact) mass is 382 g/mol. The van der Waals surface area contributed by atoms with Gasteiger partial charge in [-0.2, -0.15) is 0 Å². The summed E-state index contributed by atoms with van der Waals surface area (Å²) in [6.07, 6.45) is 2.14. The van der Waals surface area contributed by atoms with Crippen molar-refractivity contribution in [1.82, 2.24) is 4.90 Å². The number of carbonyl (C=O) groups is 1. The van der Waals surface area contributed by atoms with Crippen molar-refractivity contribution in [1.29, 1.82) is 0 Å². The van der Waals surface area contributed by atoms with Crippen molar-refractivity contribution in [3.63, 3.8) is 0 Å². The molecule has 28 heavy (non-hydrogen) atoms. The van der Waals surface area contributed by atoms with E-state index >= 15 is 0 Å². The van der Waals surface area contributed by atoms with Gasteiger partial charge in [-0.3, -0.25) is 4.79 Å². The van der Waals surface area contributed by atoms with Gasteiger partial charge < -0.3 is 24.0 Å². The van der Waals surface area contributed by atoms with Gasteiger partial charge in [-0.15, -0.1) is 0 Å². The summed E-state index contributed by atoms with van der Waals surface area (Å²) in [5.41, 5.74) is 2.83. The predicted molar refractivity (Wildman–Crippen MR) is 107 cm³/mol. The van der Waals surface area contributed by atoms with Crippen LogP contribution in [0.2, 0.25) is 0 Å². The summed E-state index contributed by atoms with van der Waals surface area (Å²) in [5, 5.41) is 0. The molecule has 1 unspecified atom stereocenters. The summed E-state index contributed by atoms with van der Waals surface area (Å²) in [6, 6.07) is 13.7. The largest absolute Gasteiger partial charge is 0.454 e. The molecule has 0 spiro atoms. The Hall–Kier alpha value is -2.73. The van der Waals surface area contributed by atoms with Crippen molar-refractivity contribution >= 4 is 11.6 Å². The normalized spacial score (nSPS) is 17.6. The number of amides is 1. The van der Waals surface area contributed by atoms with Crippen molar-refractivity contribution in [2.75, 3.05) is 38.9 Å². The van der Waals surface area contributed by atoms with Crippen LogP contribution in [0, 0.1) is 0 Å². The van der Waals surface area contributed by atoms with Crippen LogP contribution in [0.15, 0.2) is 42.5 Å². The van der Waals surface area contributed by atoms with Gasteiger partial charge >= 0.3 is 0 Å². The van der Waals surface area contributed by atoms with Crippen LogP contribution in [-0.2, 0) is 11.3 Å². The smallest absolute Gasteiger partial charge is 0.254 e. The Balaban J connectivity index is 1.54. The molecule has 2 heterocycles. The van der Waals surface area contributed by atoms with Gasteiger partial charge in [-0.05, 0) is 48.7 Å². The maximum atomic E-state index is 13.3. The van der Waals surface area contributed by atoms with Gasteiger partial charge in [0.1, 0.15) is 0 Å². The van der Waals surface area contributed by atoms with Crippen molar-refractivity contribution in [2.24, 2.45) is 0 Å². The van der Waals surface area contributed by atoms with E-state index < -0.39 is 0 Å². The molecule has 0 aliphatic carbocycles. The fourth-order valence-corrected chi connectivity index (χ4v) is 3.59. The summed E-state index contributed by atoms with van der Waals surface area (Å²) in [6.45, 7) is 2.10. The number of nitrogens with zero attached hydrogens (tertiary/aromatic N) is 2. The molecule has 0 radical (unpaired) electrons. The molecule has 1 saturated heterocycles. The van der Waals surface area contributed by atoms with Crippen molar-refractivity contribution < 1.29 is 19.0 Å². The van der Waals surface area contributed by atoms with Crippen LogP contribution >= 0.6 is 0 Å². The summed E-state index contributed by atoms with van der Waals surface area (Å²) in [4.78, 5) is 17.2. The average molecular weight is 382 g/mol. The van der Waals surface area contributed by atoms with E-state index in [9.17, 15) is 4.79 Å². The van der Waals surface area contributed by atoms with Gasteiger partial charge in [0.05, 0.1) is 6.10 Å². The highest BCUT2D eigenvalue weighted by atomic mass is 16.7. The average Bonchev–Trinajstić information content (AvgIpc) is 3.38. The number of carbonyl (C=O) groups excluding carboxylic acids is 1. The first-order valence-electron chi connectivity index (χ1n) is 9.67. The van der Waals surface area contributed by atoms with E-state index in [1.807, 2.05) is 19.0 Å². The highest BCUT2D eigenvalue weighted by Crippen LogP contribution is 2.33. The number of hydrogen-bond donors (Lipinski definition) is 0.